The van der Waals surface area contributed by atoms with E-state index in [4.69, 9.17) is 10.5 Å². The van der Waals surface area contributed by atoms with Gasteiger partial charge in [-0.1, -0.05) is 25.0 Å². The van der Waals surface area contributed by atoms with E-state index in [0.717, 1.165) is 12.8 Å². The lowest BCUT2D eigenvalue weighted by Crippen LogP contribution is -2.46. The third-order valence-electron chi connectivity index (χ3n) is 3.89. The molecule has 4 N–H and O–H groups in total. The van der Waals surface area contributed by atoms with Gasteiger partial charge in [-0.25, -0.2) is 4.79 Å². The number of urea groups is 1. The Morgan fingerprint density at radius 2 is 2.10 bits per heavy atom. The number of para-hydroxylation sites is 2. The number of carbonyl (C=O) groups is 1. The number of methoxy groups -OCH3 is 1. The molecule has 0 heterocycles. The predicted octanol–water partition coefficient (Wildman–Crippen LogP) is 2.33. The Kier molecular flexibility index (Phi) is 5.24. The molecule has 1 aliphatic rings. The number of carbonyl (C=O) groups excluding carboxylic acids is 1. The third-order valence-corrected chi connectivity index (χ3v) is 3.89. The fraction of sp³-hybridized carbons (Fsp3) is 0.533. The van der Waals surface area contributed by atoms with Crippen LogP contribution in [0, 0.1) is 5.92 Å². The van der Waals surface area contributed by atoms with E-state index in [2.05, 4.69) is 10.6 Å². The molecular weight excluding hydrogens is 254 g/mol. The molecule has 0 saturated heterocycles. The van der Waals surface area contributed by atoms with Gasteiger partial charge in [-0.05, 0) is 30.9 Å². The van der Waals surface area contributed by atoms with Crippen molar-refractivity contribution in [1.82, 2.24) is 5.32 Å². The van der Waals surface area contributed by atoms with Gasteiger partial charge in [0.05, 0.1) is 12.8 Å². The average molecular weight is 277 g/mol. The summed E-state index contributed by atoms with van der Waals surface area (Å²) in [6.07, 6.45) is 4.77. The Labute approximate surface area is 119 Å². The summed E-state index contributed by atoms with van der Waals surface area (Å²) in [6.45, 7) is 0.476. The second-order valence-electron chi connectivity index (χ2n) is 5.19. The smallest absolute Gasteiger partial charge is 0.319 e. The van der Waals surface area contributed by atoms with Crippen LogP contribution < -0.4 is 21.1 Å². The Morgan fingerprint density at radius 3 is 2.75 bits per heavy atom. The second-order valence-corrected chi connectivity index (χ2v) is 5.19. The number of nitrogens with one attached hydrogen (secondary N) is 2. The van der Waals surface area contributed by atoms with E-state index in [1.54, 1.807) is 7.11 Å². The number of anilines is 1. The van der Waals surface area contributed by atoms with Crippen molar-refractivity contribution >= 4 is 11.7 Å². The minimum absolute atomic E-state index is 0.0483. The van der Waals surface area contributed by atoms with Gasteiger partial charge in [-0.15, -0.1) is 0 Å². The maximum Gasteiger partial charge on any atom is 0.319 e. The van der Waals surface area contributed by atoms with E-state index in [-0.39, 0.29) is 12.1 Å². The monoisotopic (exact) mass is 277 g/mol. The van der Waals surface area contributed by atoms with Crippen molar-refractivity contribution in [3.63, 3.8) is 0 Å². The van der Waals surface area contributed by atoms with Gasteiger partial charge in [-0.2, -0.15) is 0 Å². The molecular formula is C15H23N3O2. The maximum absolute atomic E-state index is 12.1. The van der Waals surface area contributed by atoms with E-state index in [1.165, 1.54) is 12.8 Å². The predicted molar refractivity (Wildman–Crippen MR) is 79.9 cm³/mol. The van der Waals surface area contributed by atoms with Gasteiger partial charge in [0.2, 0.25) is 0 Å². The lowest BCUT2D eigenvalue weighted by atomic mass is 9.98. The van der Waals surface area contributed by atoms with Crippen LogP contribution in [0.5, 0.6) is 5.75 Å². The molecule has 5 heteroatoms. The van der Waals surface area contributed by atoms with Crippen LogP contribution in [0.2, 0.25) is 0 Å². The number of benzene rings is 1. The normalized spacial score (nSPS) is 16.7. The molecule has 0 aliphatic heterocycles. The highest BCUT2D eigenvalue weighted by atomic mass is 16.5. The zero-order valence-electron chi connectivity index (χ0n) is 11.9. The summed E-state index contributed by atoms with van der Waals surface area (Å²) in [7, 11) is 1.58. The Bertz CT molecular complexity index is 444. The molecule has 5 nitrogen and oxygen atoms in total. The van der Waals surface area contributed by atoms with E-state index < -0.39 is 0 Å². The number of amides is 2. The van der Waals surface area contributed by atoms with Gasteiger partial charge in [0.15, 0.2) is 0 Å². The highest BCUT2D eigenvalue weighted by Gasteiger charge is 2.25. The van der Waals surface area contributed by atoms with Gasteiger partial charge >= 0.3 is 6.03 Å². The molecule has 2 rings (SSSR count). The summed E-state index contributed by atoms with van der Waals surface area (Å²) in [4.78, 5) is 12.1. The number of hydrogen-bond acceptors (Lipinski definition) is 3. The van der Waals surface area contributed by atoms with Gasteiger partial charge < -0.3 is 21.1 Å². The molecule has 1 saturated carbocycles. The first-order chi connectivity index (χ1) is 9.74. The largest absolute Gasteiger partial charge is 0.495 e. The summed E-state index contributed by atoms with van der Waals surface area (Å²) in [5, 5.41) is 5.80. The van der Waals surface area contributed by atoms with Crippen LogP contribution in [0.15, 0.2) is 24.3 Å². The minimum atomic E-state index is -0.225. The Morgan fingerprint density at radius 1 is 1.40 bits per heavy atom. The molecule has 1 fully saturated rings. The quantitative estimate of drug-likeness (QED) is 0.773. The van der Waals surface area contributed by atoms with Gasteiger partial charge in [0, 0.05) is 12.6 Å². The van der Waals surface area contributed by atoms with Crippen LogP contribution in [0.1, 0.15) is 25.7 Å². The highest BCUT2D eigenvalue weighted by molar-refractivity contribution is 5.91. The summed E-state index contributed by atoms with van der Waals surface area (Å²) in [5.41, 5.74) is 6.44. The first-order valence-corrected chi connectivity index (χ1v) is 7.15. The SMILES string of the molecule is COc1ccccc1NC(=O)NC(CN)C1CCCC1. The summed E-state index contributed by atoms with van der Waals surface area (Å²) < 4.78 is 5.21. The average Bonchev–Trinajstić information content (AvgIpc) is 2.99. The van der Waals surface area contributed by atoms with Crippen LogP contribution in [-0.2, 0) is 0 Å². The molecule has 1 unspecified atom stereocenters. The van der Waals surface area contributed by atoms with Crippen LogP contribution in [-0.4, -0.2) is 25.7 Å². The molecule has 0 bridgehead atoms. The zero-order chi connectivity index (χ0) is 14.4. The summed E-state index contributed by atoms with van der Waals surface area (Å²) >= 11 is 0. The lowest BCUT2D eigenvalue weighted by Gasteiger charge is -2.23. The van der Waals surface area contributed by atoms with Crippen molar-refractivity contribution in [3.8, 4) is 5.75 Å². The topological polar surface area (TPSA) is 76.4 Å². The Balaban J connectivity index is 1.93. The van der Waals surface area contributed by atoms with Crippen LogP contribution >= 0.6 is 0 Å². The molecule has 1 atom stereocenters. The van der Waals surface area contributed by atoms with Crippen LogP contribution in [0.25, 0.3) is 0 Å². The summed E-state index contributed by atoms with van der Waals surface area (Å²) in [5.74, 6) is 1.15. The fourth-order valence-corrected chi connectivity index (χ4v) is 2.80. The van der Waals surface area contributed by atoms with Crippen molar-refractivity contribution in [3.05, 3.63) is 24.3 Å². The van der Waals surface area contributed by atoms with Gasteiger partial charge in [0.25, 0.3) is 0 Å². The fourth-order valence-electron chi connectivity index (χ4n) is 2.80. The molecule has 1 aromatic rings. The van der Waals surface area contributed by atoms with Crippen LogP contribution in [0.4, 0.5) is 10.5 Å². The molecule has 0 spiro atoms. The van der Waals surface area contributed by atoms with Crippen LogP contribution in [0.3, 0.4) is 0 Å². The van der Waals surface area contributed by atoms with Gasteiger partial charge in [-0.3, -0.25) is 0 Å². The molecule has 110 valence electrons. The van der Waals surface area contributed by atoms with Crippen molar-refractivity contribution in [1.29, 1.82) is 0 Å². The molecule has 0 aromatic heterocycles. The number of nitrogens with two attached hydrogens (primary N) is 1. The Hall–Kier alpha value is -1.75. The highest BCUT2D eigenvalue weighted by Crippen LogP contribution is 2.27. The van der Waals surface area contributed by atoms with E-state index >= 15 is 0 Å². The number of ether oxygens (including phenoxy) is 1. The van der Waals surface area contributed by atoms with Crippen molar-refractivity contribution in [2.75, 3.05) is 19.0 Å². The summed E-state index contributed by atoms with van der Waals surface area (Å²) in [6, 6.07) is 7.17. The van der Waals surface area contributed by atoms with E-state index in [9.17, 15) is 4.79 Å². The first kappa shape index (κ1) is 14.7. The zero-order valence-corrected chi connectivity index (χ0v) is 11.9. The molecule has 2 amide bonds. The minimum Gasteiger partial charge on any atom is -0.495 e. The number of rotatable bonds is 5. The first-order valence-electron chi connectivity index (χ1n) is 7.15. The maximum atomic E-state index is 12.1. The van der Waals surface area contributed by atoms with Gasteiger partial charge in [0.1, 0.15) is 5.75 Å². The van der Waals surface area contributed by atoms with E-state index in [0.29, 0.717) is 23.9 Å². The molecule has 1 aromatic carbocycles. The number of hydrogen-bond donors (Lipinski definition) is 3. The van der Waals surface area contributed by atoms with Crippen molar-refractivity contribution < 1.29 is 9.53 Å². The van der Waals surface area contributed by atoms with Crippen molar-refractivity contribution in [2.45, 2.75) is 31.7 Å². The third kappa shape index (κ3) is 3.63. The van der Waals surface area contributed by atoms with Crippen molar-refractivity contribution in [2.24, 2.45) is 11.7 Å². The standard InChI is InChI=1S/C15H23N3O2/c1-20-14-9-5-4-8-12(14)17-15(19)18-13(10-16)11-6-2-3-7-11/h4-5,8-9,11,13H,2-3,6-7,10,16H2,1H3,(H2,17,18,19). The second kappa shape index (κ2) is 7.14. The van der Waals surface area contributed by atoms with E-state index in [1.807, 2.05) is 24.3 Å². The molecule has 1 aliphatic carbocycles. The molecule has 20 heavy (non-hydrogen) atoms. The lowest BCUT2D eigenvalue weighted by molar-refractivity contribution is 0.243. The molecule has 0 radical (unpaired) electrons.